The molecule has 0 spiro atoms. The zero-order valence-corrected chi connectivity index (χ0v) is 19.0. The van der Waals surface area contributed by atoms with Crippen LogP contribution in [-0.4, -0.2) is 50.0 Å². The summed E-state index contributed by atoms with van der Waals surface area (Å²) in [6.07, 6.45) is 5.82. The standard InChI is InChI=1S/C23H36N2OSi/c1-23(2,3)22(26)25-16-14-21(19(17-25)20-13-10-15-24(20)4)27(5,6)18-11-8-7-9-12-18/h7-9,11-12,17,20-21H,10,13-16H2,1-6H3/t20-,21+/m0/s1. The maximum Gasteiger partial charge on any atom is 0.231 e. The van der Waals surface area contributed by atoms with E-state index in [1.54, 1.807) is 0 Å². The Balaban J connectivity index is 2.00. The van der Waals surface area contributed by atoms with Crippen LogP contribution in [0.4, 0.5) is 0 Å². The van der Waals surface area contributed by atoms with Gasteiger partial charge in [0.15, 0.2) is 0 Å². The molecule has 2 aliphatic heterocycles. The molecule has 0 radical (unpaired) electrons. The van der Waals surface area contributed by atoms with E-state index in [4.69, 9.17) is 0 Å². The molecule has 3 rings (SSSR count). The summed E-state index contributed by atoms with van der Waals surface area (Å²) in [6.45, 7) is 13.1. The Morgan fingerprint density at radius 2 is 1.74 bits per heavy atom. The smallest absolute Gasteiger partial charge is 0.231 e. The van der Waals surface area contributed by atoms with Gasteiger partial charge in [-0.3, -0.25) is 9.69 Å². The van der Waals surface area contributed by atoms with Gasteiger partial charge in [-0.25, -0.2) is 0 Å². The summed E-state index contributed by atoms with van der Waals surface area (Å²) in [6, 6.07) is 11.6. The third-order valence-electron chi connectivity index (χ3n) is 6.56. The Hall–Kier alpha value is -1.39. The van der Waals surface area contributed by atoms with Gasteiger partial charge in [0.2, 0.25) is 5.91 Å². The average Bonchev–Trinajstić information content (AvgIpc) is 3.06. The second kappa shape index (κ2) is 7.55. The first-order valence-corrected chi connectivity index (χ1v) is 13.5. The highest BCUT2D eigenvalue weighted by atomic mass is 28.3. The maximum absolute atomic E-state index is 13.0. The van der Waals surface area contributed by atoms with E-state index >= 15 is 0 Å². The zero-order valence-electron chi connectivity index (χ0n) is 18.0. The molecule has 1 saturated heterocycles. The maximum atomic E-state index is 13.0. The third kappa shape index (κ3) is 4.07. The lowest BCUT2D eigenvalue weighted by Crippen LogP contribution is -2.52. The lowest BCUT2D eigenvalue weighted by atomic mass is 9.92. The van der Waals surface area contributed by atoms with Gasteiger partial charge in [0.05, 0.1) is 8.07 Å². The number of carbonyl (C=O) groups is 1. The quantitative estimate of drug-likeness (QED) is 0.728. The van der Waals surface area contributed by atoms with E-state index in [2.05, 4.69) is 61.6 Å². The Kier molecular flexibility index (Phi) is 5.69. The van der Waals surface area contributed by atoms with E-state index in [0.29, 0.717) is 11.6 Å². The Labute approximate surface area is 166 Å². The van der Waals surface area contributed by atoms with Gasteiger partial charge in [0, 0.05) is 24.2 Å². The minimum absolute atomic E-state index is 0.248. The number of benzene rings is 1. The van der Waals surface area contributed by atoms with Gasteiger partial charge in [-0.1, -0.05) is 69.4 Å². The molecular weight excluding hydrogens is 348 g/mol. The van der Waals surface area contributed by atoms with Crippen LogP contribution >= 0.6 is 0 Å². The number of carbonyl (C=O) groups excluding carboxylic acids is 1. The summed E-state index contributed by atoms with van der Waals surface area (Å²) in [4.78, 5) is 17.5. The van der Waals surface area contributed by atoms with E-state index in [1.165, 1.54) is 23.6 Å². The first-order chi connectivity index (χ1) is 12.6. The van der Waals surface area contributed by atoms with Crippen molar-refractivity contribution in [3.8, 4) is 0 Å². The molecule has 0 unspecified atom stereocenters. The molecule has 0 aliphatic carbocycles. The van der Waals surface area contributed by atoms with E-state index < -0.39 is 8.07 Å². The lowest BCUT2D eigenvalue weighted by molar-refractivity contribution is -0.137. The predicted molar refractivity (Wildman–Crippen MR) is 117 cm³/mol. The molecule has 2 heterocycles. The van der Waals surface area contributed by atoms with Gasteiger partial charge in [0.25, 0.3) is 0 Å². The molecule has 0 N–H and O–H groups in total. The van der Waals surface area contributed by atoms with Crippen LogP contribution in [-0.2, 0) is 4.79 Å². The summed E-state index contributed by atoms with van der Waals surface area (Å²) >= 11 is 0. The van der Waals surface area contributed by atoms with Crippen LogP contribution in [0.25, 0.3) is 0 Å². The molecule has 1 amide bonds. The van der Waals surface area contributed by atoms with Crippen LogP contribution < -0.4 is 5.19 Å². The molecule has 27 heavy (non-hydrogen) atoms. The first-order valence-electron chi connectivity index (χ1n) is 10.4. The van der Waals surface area contributed by atoms with Crippen LogP contribution in [0, 0.1) is 5.41 Å². The molecule has 0 aromatic heterocycles. The minimum Gasteiger partial charge on any atom is -0.319 e. The number of hydrogen-bond acceptors (Lipinski definition) is 2. The molecule has 4 heteroatoms. The van der Waals surface area contributed by atoms with Crippen LogP contribution in [0.3, 0.4) is 0 Å². The summed E-state index contributed by atoms with van der Waals surface area (Å²) < 4.78 is 0. The highest BCUT2D eigenvalue weighted by Crippen LogP contribution is 2.42. The monoisotopic (exact) mass is 384 g/mol. The van der Waals surface area contributed by atoms with Gasteiger partial charge in [-0.2, -0.15) is 0 Å². The summed E-state index contributed by atoms with van der Waals surface area (Å²) in [5.74, 6) is 0.248. The number of nitrogens with zero attached hydrogens (tertiary/aromatic N) is 2. The number of likely N-dealkylation sites (tertiary alicyclic amines) is 1. The molecule has 1 aromatic carbocycles. The predicted octanol–water partition coefficient (Wildman–Crippen LogP) is 4.23. The molecule has 2 aliphatic rings. The summed E-state index contributed by atoms with van der Waals surface area (Å²) in [5.41, 5.74) is 1.77. The number of hydrogen-bond donors (Lipinski definition) is 0. The number of likely N-dealkylation sites (N-methyl/N-ethyl adjacent to an activating group) is 1. The van der Waals surface area contributed by atoms with E-state index in [1.807, 2.05) is 25.7 Å². The van der Waals surface area contributed by atoms with Crippen molar-refractivity contribution in [3.63, 3.8) is 0 Å². The molecular formula is C23H36N2OSi. The fraction of sp³-hybridized carbons (Fsp3) is 0.609. The van der Waals surface area contributed by atoms with E-state index in [-0.39, 0.29) is 11.3 Å². The topological polar surface area (TPSA) is 23.6 Å². The van der Waals surface area contributed by atoms with Crippen molar-refractivity contribution < 1.29 is 4.79 Å². The Morgan fingerprint density at radius 1 is 1.07 bits per heavy atom. The van der Waals surface area contributed by atoms with Gasteiger partial charge in [-0.15, -0.1) is 0 Å². The highest BCUT2D eigenvalue weighted by Gasteiger charge is 2.43. The third-order valence-corrected chi connectivity index (χ3v) is 10.7. The second-order valence-corrected chi connectivity index (χ2v) is 14.7. The van der Waals surface area contributed by atoms with Crippen molar-refractivity contribution in [2.24, 2.45) is 5.41 Å². The molecule has 148 valence electrons. The molecule has 0 bridgehead atoms. The van der Waals surface area contributed by atoms with Crippen molar-refractivity contribution in [1.29, 1.82) is 0 Å². The van der Waals surface area contributed by atoms with Crippen LogP contribution in [0.2, 0.25) is 18.6 Å². The molecule has 1 aromatic rings. The zero-order chi connectivity index (χ0) is 19.8. The summed E-state index contributed by atoms with van der Waals surface area (Å²) in [7, 11) is 0.565. The van der Waals surface area contributed by atoms with Gasteiger partial charge in [-0.05, 0) is 44.0 Å². The van der Waals surface area contributed by atoms with Crippen molar-refractivity contribution in [2.45, 2.75) is 64.7 Å². The molecule has 0 saturated carbocycles. The van der Waals surface area contributed by atoms with E-state index in [9.17, 15) is 4.79 Å². The fourth-order valence-electron chi connectivity index (χ4n) is 4.86. The Bertz CT molecular complexity index is 705. The van der Waals surface area contributed by atoms with Gasteiger partial charge in [0.1, 0.15) is 0 Å². The van der Waals surface area contributed by atoms with Crippen molar-refractivity contribution in [1.82, 2.24) is 9.80 Å². The SMILES string of the molecule is CN1CCC[C@H]1C1=CN(C(=O)C(C)(C)C)CC[C@H]1[Si](C)(C)c1ccccc1. The molecule has 2 atom stereocenters. The van der Waals surface area contributed by atoms with Crippen LogP contribution in [0.15, 0.2) is 42.1 Å². The Morgan fingerprint density at radius 3 is 2.30 bits per heavy atom. The number of rotatable bonds is 3. The summed E-state index contributed by atoms with van der Waals surface area (Å²) in [5, 5.41) is 1.53. The van der Waals surface area contributed by atoms with Gasteiger partial charge < -0.3 is 4.90 Å². The van der Waals surface area contributed by atoms with E-state index in [0.717, 1.165) is 19.5 Å². The average molecular weight is 385 g/mol. The lowest BCUT2D eigenvalue weighted by Gasteiger charge is -2.44. The molecule has 1 fully saturated rings. The van der Waals surface area contributed by atoms with Crippen LogP contribution in [0.5, 0.6) is 0 Å². The van der Waals surface area contributed by atoms with Crippen molar-refractivity contribution in [2.75, 3.05) is 20.1 Å². The van der Waals surface area contributed by atoms with Gasteiger partial charge >= 0.3 is 0 Å². The van der Waals surface area contributed by atoms with Crippen molar-refractivity contribution in [3.05, 3.63) is 42.1 Å². The largest absolute Gasteiger partial charge is 0.319 e. The van der Waals surface area contributed by atoms with Crippen LogP contribution in [0.1, 0.15) is 40.0 Å². The normalized spacial score (nSPS) is 24.8. The minimum atomic E-state index is -1.68. The highest BCUT2D eigenvalue weighted by molar-refractivity contribution is 6.91. The second-order valence-electron chi connectivity index (χ2n) is 9.95. The van der Waals surface area contributed by atoms with Crippen molar-refractivity contribution >= 4 is 19.2 Å². The fourth-order valence-corrected chi connectivity index (χ4v) is 8.26. The molecule has 3 nitrogen and oxygen atoms in total. The first kappa shape index (κ1) is 20.3. The number of amides is 1.